The summed E-state index contributed by atoms with van der Waals surface area (Å²) < 4.78 is 40.8. The summed E-state index contributed by atoms with van der Waals surface area (Å²) in [5, 5.41) is 16.7. The van der Waals surface area contributed by atoms with E-state index >= 15 is 4.39 Å². The number of aryl methyl sites for hydroxylation is 1. The van der Waals surface area contributed by atoms with Crippen molar-refractivity contribution in [3.05, 3.63) is 91.3 Å². The number of amides is 2. The van der Waals surface area contributed by atoms with Crippen LogP contribution < -0.4 is 26.3 Å². The fourth-order valence-corrected chi connectivity index (χ4v) is 6.58. The summed E-state index contributed by atoms with van der Waals surface area (Å²) in [6.45, 7) is 2.79. The number of thiophene rings is 1. The van der Waals surface area contributed by atoms with Crippen molar-refractivity contribution in [3.63, 3.8) is 0 Å². The van der Waals surface area contributed by atoms with Crippen LogP contribution in [0.1, 0.15) is 57.4 Å². The zero-order valence-electron chi connectivity index (χ0n) is 26.2. The smallest absolute Gasteiger partial charge is 0.251 e. The Labute approximate surface area is 283 Å². The average Bonchev–Trinajstić information content (AvgIpc) is 3.68. The van der Waals surface area contributed by atoms with E-state index in [1.54, 1.807) is 25.3 Å². The molecule has 6 rings (SSSR count). The molecule has 0 spiro atoms. The van der Waals surface area contributed by atoms with Crippen molar-refractivity contribution in [1.29, 1.82) is 0 Å². The van der Waals surface area contributed by atoms with Crippen molar-refractivity contribution in [3.8, 4) is 22.8 Å². The van der Waals surface area contributed by atoms with E-state index in [1.165, 1.54) is 30.6 Å². The van der Waals surface area contributed by atoms with Gasteiger partial charge < -0.3 is 31.4 Å². The van der Waals surface area contributed by atoms with Crippen molar-refractivity contribution in [2.24, 2.45) is 10.7 Å². The minimum Gasteiger partial charge on any atom is -0.495 e. The first-order valence-electron chi connectivity index (χ1n) is 15.0. The number of rotatable bonds is 10. The maximum absolute atomic E-state index is 15.3. The van der Waals surface area contributed by atoms with Crippen molar-refractivity contribution in [1.82, 2.24) is 10.3 Å². The molecule has 10 nitrogen and oxygen atoms in total. The highest BCUT2D eigenvalue weighted by molar-refractivity contribution is 7.10. The van der Waals surface area contributed by atoms with Crippen molar-refractivity contribution in [2.45, 2.75) is 43.7 Å². The van der Waals surface area contributed by atoms with Crippen LogP contribution in [-0.2, 0) is 15.8 Å². The molecular weight excluding hydrogens is 664 g/mol. The number of ether oxygens (including phenoxy) is 2. The Balaban J connectivity index is 1.46. The monoisotopic (exact) mass is 695 g/mol. The lowest BCUT2D eigenvalue weighted by Crippen LogP contribution is -2.43. The molecule has 2 amide bonds. The number of halogens is 3. The number of nitrogens with one attached hydrogen (secondary N) is 1. The molecule has 250 valence electrons. The van der Waals surface area contributed by atoms with Crippen LogP contribution in [0.25, 0.3) is 11.3 Å². The Morgan fingerprint density at radius 1 is 1.25 bits per heavy atom. The van der Waals surface area contributed by atoms with Gasteiger partial charge in [0.05, 0.1) is 36.1 Å². The molecule has 0 bridgehead atoms. The second-order valence-electron chi connectivity index (χ2n) is 12.2. The Morgan fingerprint density at radius 2 is 2.00 bits per heavy atom. The normalized spacial score (nSPS) is 18.3. The lowest BCUT2D eigenvalue weighted by Gasteiger charge is -2.29. The van der Waals surface area contributed by atoms with Crippen LogP contribution in [0.15, 0.2) is 46.8 Å². The number of anilines is 1. The highest BCUT2D eigenvalue weighted by Gasteiger charge is 2.46. The molecule has 3 heterocycles. The van der Waals surface area contributed by atoms with Gasteiger partial charge in [0.15, 0.2) is 5.60 Å². The van der Waals surface area contributed by atoms with Crippen LogP contribution in [0, 0.1) is 18.6 Å². The summed E-state index contributed by atoms with van der Waals surface area (Å²) in [7, 11) is 1.44. The number of aromatic nitrogens is 1. The number of primary amides is 1. The molecule has 0 radical (unpaired) electrons. The van der Waals surface area contributed by atoms with E-state index in [-0.39, 0.29) is 57.2 Å². The zero-order chi connectivity index (χ0) is 34.5. The molecule has 2 aromatic heterocycles. The van der Waals surface area contributed by atoms with E-state index in [4.69, 9.17) is 32.5 Å². The number of carbonyl (C=O) groups is 2. The molecule has 0 unspecified atom stereocenters. The zero-order valence-corrected chi connectivity index (χ0v) is 27.8. The first kappa shape index (κ1) is 33.3. The fourth-order valence-electron chi connectivity index (χ4n) is 5.41. The Hall–Kier alpha value is -4.59. The van der Waals surface area contributed by atoms with Gasteiger partial charge in [0.25, 0.3) is 5.91 Å². The Bertz CT molecular complexity index is 2000. The van der Waals surface area contributed by atoms with Crippen LogP contribution >= 0.6 is 22.9 Å². The largest absolute Gasteiger partial charge is 0.495 e. The third-order valence-electron chi connectivity index (χ3n) is 8.58. The number of aliphatic hydroxyl groups is 1. The molecule has 1 aliphatic heterocycles. The molecule has 14 heteroatoms. The highest BCUT2D eigenvalue weighted by Crippen LogP contribution is 2.47. The first-order chi connectivity index (χ1) is 22.7. The van der Waals surface area contributed by atoms with Gasteiger partial charge in [-0.2, -0.15) is 0 Å². The van der Waals surface area contributed by atoms with E-state index in [9.17, 15) is 19.1 Å². The van der Waals surface area contributed by atoms with Gasteiger partial charge in [-0.05, 0) is 68.0 Å². The van der Waals surface area contributed by atoms with Crippen molar-refractivity contribution >= 4 is 46.7 Å². The topological polar surface area (TPSA) is 162 Å². The predicted molar refractivity (Wildman–Crippen MR) is 179 cm³/mol. The summed E-state index contributed by atoms with van der Waals surface area (Å²) in [5.41, 5.74) is 10.3. The summed E-state index contributed by atoms with van der Waals surface area (Å²) in [6, 6.07) is 8.13. The second kappa shape index (κ2) is 12.5. The van der Waals surface area contributed by atoms with E-state index < -0.39 is 41.0 Å². The summed E-state index contributed by atoms with van der Waals surface area (Å²) >= 11 is 7.25. The Kier molecular flexibility index (Phi) is 8.65. The minimum absolute atomic E-state index is 0.0322. The SMILES string of the molecule is COc1cc(C(=O)NC[C@](O)(c2cc3c(c(-c4cc(Cl)c(F)cc4F)n2)OC[C@]3(C)C(N)=O)c2cc(C)cs2)cc(C=NC2CC2)c1N. The number of methoxy groups -OCH3 is 1. The number of nitrogens with zero attached hydrogens (tertiary/aromatic N) is 2. The van der Waals surface area contributed by atoms with E-state index in [0.29, 0.717) is 22.2 Å². The molecule has 48 heavy (non-hydrogen) atoms. The molecule has 2 atom stereocenters. The fraction of sp³-hybridized carbons (Fsp3) is 0.294. The number of nitrogens with two attached hydrogens (primary N) is 2. The van der Waals surface area contributed by atoms with Gasteiger partial charge in [0.1, 0.15) is 40.8 Å². The third-order valence-corrected chi connectivity index (χ3v) is 10.1. The predicted octanol–water partition coefficient (Wildman–Crippen LogP) is 5.02. The van der Waals surface area contributed by atoms with Crippen LogP contribution in [-0.4, -0.2) is 54.4 Å². The number of pyridine rings is 1. The molecule has 0 saturated heterocycles. The third kappa shape index (κ3) is 5.97. The van der Waals surface area contributed by atoms with Gasteiger partial charge in [-0.25, -0.2) is 13.8 Å². The van der Waals surface area contributed by atoms with E-state index in [0.717, 1.165) is 24.5 Å². The minimum atomic E-state index is -2.02. The number of nitrogen functional groups attached to an aromatic ring is 1. The van der Waals surface area contributed by atoms with Gasteiger partial charge in [-0.3, -0.25) is 14.6 Å². The second-order valence-corrected chi connectivity index (χ2v) is 13.5. The molecule has 6 N–H and O–H groups in total. The quantitative estimate of drug-likeness (QED) is 0.103. The number of benzene rings is 2. The molecule has 2 aromatic carbocycles. The average molecular weight is 696 g/mol. The van der Waals surface area contributed by atoms with Gasteiger partial charge in [0.2, 0.25) is 5.91 Å². The summed E-state index contributed by atoms with van der Waals surface area (Å²) in [4.78, 5) is 35.9. The van der Waals surface area contributed by atoms with Crippen LogP contribution in [0.2, 0.25) is 5.02 Å². The van der Waals surface area contributed by atoms with Crippen molar-refractivity contribution in [2.75, 3.05) is 26.0 Å². The number of carbonyl (C=O) groups excluding carboxylic acids is 2. The van der Waals surface area contributed by atoms with Crippen molar-refractivity contribution < 1.29 is 33.0 Å². The molecule has 1 fully saturated rings. The van der Waals surface area contributed by atoms with Crippen LogP contribution in [0.4, 0.5) is 14.5 Å². The standard InChI is InChI=1S/C34H32ClF2N5O5S/c1-16-6-27(48-13-16)34(45,14-41-31(43)17-7-18(12-40-19-4-5-19)28(38)25(8-17)46-3)26-10-21-30(47-15-33(21,2)32(39)44)29(42-26)20-9-22(35)24(37)11-23(20)36/h6-13,19,45H,4-5,14-15,38H2,1-3H3,(H2,39,44)(H,41,43)/t33-,34-/m0/s1. The molecule has 2 aliphatic rings. The summed E-state index contributed by atoms with van der Waals surface area (Å²) in [5.74, 6) is -2.97. The Morgan fingerprint density at radius 3 is 2.65 bits per heavy atom. The highest BCUT2D eigenvalue weighted by atomic mass is 35.5. The van der Waals surface area contributed by atoms with E-state index in [1.807, 2.05) is 12.3 Å². The van der Waals surface area contributed by atoms with Crippen LogP contribution in [0.3, 0.4) is 0 Å². The number of hydrogen-bond acceptors (Lipinski definition) is 9. The van der Waals surface area contributed by atoms with Gasteiger partial charge >= 0.3 is 0 Å². The number of fused-ring (bicyclic) bond motifs is 1. The lowest BCUT2D eigenvalue weighted by molar-refractivity contribution is -0.123. The van der Waals surface area contributed by atoms with Gasteiger partial charge in [-0.15, -0.1) is 11.3 Å². The molecule has 4 aromatic rings. The maximum Gasteiger partial charge on any atom is 0.251 e. The molecule has 1 saturated carbocycles. The van der Waals surface area contributed by atoms with Crippen LogP contribution in [0.5, 0.6) is 11.5 Å². The number of aliphatic imine (C=N–C) groups is 1. The number of hydrogen-bond donors (Lipinski definition) is 4. The van der Waals surface area contributed by atoms with Gasteiger partial charge in [0, 0.05) is 39.4 Å². The molecule has 1 aliphatic carbocycles. The lowest BCUT2D eigenvalue weighted by atomic mass is 9.81. The molecular formula is C34H32ClF2N5O5S. The first-order valence-corrected chi connectivity index (χ1v) is 16.2. The van der Waals surface area contributed by atoms with E-state index in [2.05, 4.69) is 15.3 Å². The van der Waals surface area contributed by atoms with Gasteiger partial charge in [-0.1, -0.05) is 11.6 Å². The summed E-state index contributed by atoms with van der Waals surface area (Å²) in [6.07, 6.45) is 3.59. The maximum atomic E-state index is 15.3.